The zero-order chi connectivity index (χ0) is 20.1. The standard InChI is InChI=1S/C18H15F3N6O/c1-10-4-13(11-2-3-15(22)23-5-11)25-14-8-27(17(28)16(10)14)12-6-24-26(7-12)9-18(19,20)21/h2-7H,8-9H2,1H3,(H2,22,23). The van der Waals surface area contributed by atoms with E-state index in [-0.39, 0.29) is 12.5 Å². The Labute approximate surface area is 157 Å². The highest BCUT2D eigenvalue weighted by molar-refractivity contribution is 6.10. The van der Waals surface area contributed by atoms with Gasteiger partial charge in [0, 0.05) is 18.0 Å². The lowest BCUT2D eigenvalue weighted by Crippen LogP contribution is -2.23. The molecule has 0 bridgehead atoms. The lowest BCUT2D eigenvalue weighted by atomic mass is 10.1. The third-order valence-electron chi connectivity index (χ3n) is 4.41. The third-order valence-corrected chi connectivity index (χ3v) is 4.41. The van der Waals surface area contributed by atoms with Crippen molar-refractivity contribution in [3.8, 4) is 11.3 Å². The molecule has 4 rings (SSSR count). The molecule has 0 spiro atoms. The number of hydrogen-bond donors (Lipinski definition) is 1. The lowest BCUT2D eigenvalue weighted by Gasteiger charge is -2.12. The molecule has 7 nitrogen and oxygen atoms in total. The Morgan fingerprint density at radius 1 is 1.25 bits per heavy atom. The van der Waals surface area contributed by atoms with Gasteiger partial charge >= 0.3 is 6.18 Å². The van der Waals surface area contributed by atoms with E-state index in [1.165, 1.54) is 17.3 Å². The topological polar surface area (TPSA) is 89.9 Å². The number of amides is 1. The van der Waals surface area contributed by atoms with Crippen LogP contribution >= 0.6 is 0 Å². The molecule has 0 unspecified atom stereocenters. The van der Waals surface area contributed by atoms with Crippen molar-refractivity contribution in [1.82, 2.24) is 19.7 Å². The minimum atomic E-state index is -4.39. The van der Waals surface area contributed by atoms with Crippen LogP contribution < -0.4 is 10.6 Å². The molecule has 0 radical (unpaired) electrons. The van der Waals surface area contributed by atoms with E-state index in [1.54, 1.807) is 31.3 Å². The first-order valence-corrected chi connectivity index (χ1v) is 8.35. The fraction of sp³-hybridized carbons (Fsp3) is 0.222. The van der Waals surface area contributed by atoms with Crippen LogP contribution in [0.4, 0.5) is 24.7 Å². The van der Waals surface area contributed by atoms with E-state index in [9.17, 15) is 18.0 Å². The van der Waals surface area contributed by atoms with E-state index in [2.05, 4.69) is 15.1 Å². The quantitative estimate of drug-likeness (QED) is 0.745. The number of rotatable bonds is 3. The van der Waals surface area contributed by atoms with Crippen molar-refractivity contribution in [2.45, 2.75) is 26.2 Å². The minimum Gasteiger partial charge on any atom is -0.384 e. The molecule has 28 heavy (non-hydrogen) atoms. The van der Waals surface area contributed by atoms with Crippen molar-refractivity contribution in [2.75, 3.05) is 10.6 Å². The van der Waals surface area contributed by atoms with E-state index < -0.39 is 12.7 Å². The smallest absolute Gasteiger partial charge is 0.384 e. The molecule has 0 atom stereocenters. The molecular formula is C18H15F3N6O. The molecule has 1 amide bonds. The molecule has 3 aromatic rings. The highest BCUT2D eigenvalue weighted by Gasteiger charge is 2.34. The van der Waals surface area contributed by atoms with Gasteiger partial charge in [-0.2, -0.15) is 18.3 Å². The number of carbonyl (C=O) groups excluding carboxylic acids is 1. The van der Waals surface area contributed by atoms with Gasteiger partial charge in [0.2, 0.25) is 0 Å². The minimum absolute atomic E-state index is 0.156. The second-order valence-electron chi connectivity index (χ2n) is 6.52. The number of nitrogens with zero attached hydrogens (tertiary/aromatic N) is 5. The van der Waals surface area contributed by atoms with Crippen molar-refractivity contribution in [3.63, 3.8) is 0 Å². The van der Waals surface area contributed by atoms with Gasteiger partial charge in [0.25, 0.3) is 5.91 Å². The molecule has 144 valence electrons. The number of alkyl halides is 3. The van der Waals surface area contributed by atoms with Crippen LogP contribution in [0.5, 0.6) is 0 Å². The van der Waals surface area contributed by atoms with Crippen LogP contribution in [0.1, 0.15) is 21.6 Å². The number of aromatic nitrogens is 4. The number of anilines is 2. The van der Waals surface area contributed by atoms with Crippen LogP contribution in [0.25, 0.3) is 11.3 Å². The Balaban J connectivity index is 1.65. The van der Waals surface area contributed by atoms with Crippen molar-refractivity contribution < 1.29 is 18.0 Å². The van der Waals surface area contributed by atoms with Gasteiger partial charge in [0.05, 0.1) is 35.4 Å². The van der Waals surface area contributed by atoms with Gasteiger partial charge in [-0.25, -0.2) is 4.98 Å². The highest BCUT2D eigenvalue weighted by atomic mass is 19.4. The van der Waals surface area contributed by atoms with Gasteiger partial charge in [-0.3, -0.25) is 19.4 Å². The van der Waals surface area contributed by atoms with Gasteiger partial charge in [0.1, 0.15) is 12.4 Å². The molecule has 4 heterocycles. The second kappa shape index (κ2) is 6.32. The Morgan fingerprint density at radius 2 is 2.04 bits per heavy atom. The summed E-state index contributed by atoms with van der Waals surface area (Å²) in [5, 5.41) is 3.70. The van der Waals surface area contributed by atoms with Crippen molar-refractivity contribution in [1.29, 1.82) is 0 Å². The van der Waals surface area contributed by atoms with Crippen LogP contribution in [-0.2, 0) is 13.1 Å². The predicted molar refractivity (Wildman–Crippen MR) is 95.4 cm³/mol. The van der Waals surface area contributed by atoms with Crippen LogP contribution in [0.15, 0.2) is 36.8 Å². The summed E-state index contributed by atoms with van der Waals surface area (Å²) < 4.78 is 38.4. The van der Waals surface area contributed by atoms with E-state index in [1.807, 2.05) is 0 Å². The molecule has 2 N–H and O–H groups in total. The maximum Gasteiger partial charge on any atom is 0.408 e. The summed E-state index contributed by atoms with van der Waals surface area (Å²) in [6.45, 7) is 0.736. The lowest BCUT2D eigenvalue weighted by molar-refractivity contribution is -0.142. The van der Waals surface area contributed by atoms with Crippen molar-refractivity contribution in [3.05, 3.63) is 53.6 Å². The van der Waals surface area contributed by atoms with E-state index in [0.29, 0.717) is 28.5 Å². The number of pyridine rings is 2. The average molecular weight is 388 g/mol. The molecular weight excluding hydrogens is 373 g/mol. The fourth-order valence-electron chi connectivity index (χ4n) is 3.18. The maximum absolute atomic E-state index is 12.8. The van der Waals surface area contributed by atoms with Crippen LogP contribution in [0.3, 0.4) is 0 Å². The number of hydrogen-bond acceptors (Lipinski definition) is 5. The van der Waals surface area contributed by atoms with Gasteiger partial charge in [-0.05, 0) is 30.7 Å². The normalized spacial score (nSPS) is 13.9. The molecule has 0 aromatic carbocycles. The summed E-state index contributed by atoms with van der Waals surface area (Å²) in [5.74, 6) is 0.0763. The van der Waals surface area contributed by atoms with Crippen LogP contribution in [0.2, 0.25) is 0 Å². The summed E-state index contributed by atoms with van der Waals surface area (Å²) >= 11 is 0. The highest BCUT2D eigenvalue weighted by Crippen LogP contribution is 2.32. The number of aryl methyl sites for hydroxylation is 1. The van der Waals surface area contributed by atoms with Gasteiger partial charge < -0.3 is 5.73 Å². The summed E-state index contributed by atoms with van der Waals surface area (Å²) in [6, 6.07) is 5.22. The molecule has 0 fully saturated rings. The maximum atomic E-state index is 12.8. The second-order valence-corrected chi connectivity index (χ2v) is 6.52. The summed E-state index contributed by atoms with van der Waals surface area (Å²) in [7, 11) is 0. The number of halogens is 3. The van der Waals surface area contributed by atoms with Crippen LogP contribution in [0, 0.1) is 6.92 Å². The van der Waals surface area contributed by atoms with Gasteiger partial charge in [-0.1, -0.05) is 0 Å². The Hall–Kier alpha value is -3.43. The first kappa shape index (κ1) is 18.0. The summed E-state index contributed by atoms with van der Waals surface area (Å²) in [5.41, 5.74) is 9.04. The van der Waals surface area contributed by atoms with Gasteiger partial charge in [0.15, 0.2) is 0 Å². The van der Waals surface area contributed by atoms with Gasteiger partial charge in [-0.15, -0.1) is 0 Å². The predicted octanol–water partition coefficient (Wildman–Crippen LogP) is 2.95. The SMILES string of the molecule is Cc1cc(-c2ccc(N)nc2)nc2c1C(=O)N(c1cnn(CC(F)(F)F)c1)C2. The Bertz CT molecular complexity index is 1060. The molecule has 0 saturated heterocycles. The molecule has 1 aliphatic heterocycles. The Kier molecular flexibility index (Phi) is 4.06. The molecule has 0 saturated carbocycles. The van der Waals surface area contributed by atoms with E-state index in [0.717, 1.165) is 15.8 Å². The third kappa shape index (κ3) is 3.28. The zero-order valence-corrected chi connectivity index (χ0v) is 14.7. The Morgan fingerprint density at radius 3 is 2.71 bits per heavy atom. The number of fused-ring (bicyclic) bond motifs is 1. The first-order chi connectivity index (χ1) is 13.2. The van der Waals surface area contributed by atoms with E-state index in [4.69, 9.17) is 5.73 Å². The number of nitrogens with two attached hydrogens (primary N) is 1. The molecule has 0 aliphatic carbocycles. The molecule has 10 heteroatoms. The zero-order valence-electron chi connectivity index (χ0n) is 14.7. The van der Waals surface area contributed by atoms with Crippen molar-refractivity contribution >= 4 is 17.4 Å². The summed E-state index contributed by atoms with van der Waals surface area (Å²) in [6.07, 6.45) is -0.340. The van der Waals surface area contributed by atoms with Crippen molar-refractivity contribution in [2.24, 2.45) is 0 Å². The first-order valence-electron chi connectivity index (χ1n) is 8.35. The average Bonchev–Trinajstić information content (AvgIpc) is 3.18. The fourth-order valence-corrected chi connectivity index (χ4v) is 3.18. The number of carbonyl (C=O) groups is 1. The van der Waals surface area contributed by atoms with E-state index >= 15 is 0 Å². The monoisotopic (exact) mass is 388 g/mol. The largest absolute Gasteiger partial charge is 0.408 e. The molecule has 3 aromatic heterocycles. The molecule has 1 aliphatic rings. The summed E-state index contributed by atoms with van der Waals surface area (Å²) in [4.78, 5) is 22.8. The van der Waals surface area contributed by atoms with Crippen LogP contribution in [-0.4, -0.2) is 31.8 Å². The number of nitrogen functional groups attached to an aromatic ring is 1.